The van der Waals surface area contributed by atoms with Crippen molar-refractivity contribution < 1.29 is 38.4 Å². The summed E-state index contributed by atoms with van der Waals surface area (Å²) in [6, 6.07) is 8.44. The van der Waals surface area contributed by atoms with E-state index in [9.17, 15) is 25.0 Å². The summed E-state index contributed by atoms with van der Waals surface area (Å²) in [5.74, 6) is 0.503. The van der Waals surface area contributed by atoms with Crippen molar-refractivity contribution in [3.63, 3.8) is 0 Å². The Morgan fingerprint density at radius 3 is 2.00 bits per heavy atom. The molecule has 0 aliphatic carbocycles. The molecule has 0 atom stereocenters. The van der Waals surface area contributed by atoms with Crippen molar-refractivity contribution in [2.45, 2.75) is 32.6 Å². The monoisotopic (exact) mass is 518 g/mol. The number of rotatable bonds is 14. The Balaban J connectivity index is 0.00000159. The Morgan fingerprint density at radius 2 is 1.49 bits per heavy atom. The third-order valence-electron chi connectivity index (χ3n) is 4.73. The Hall–Kier alpha value is -4.48. The van der Waals surface area contributed by atoms with E-state index in [1.54, 1.807) is 7.11 Å². The number of benzene rings is 2. The van der Waals surface area contributed by atoms with Crippen molar-refractivity contribution in [3.8, 4) is 11.5 Å². The van der Waals surface area contributed by atoms with Gasteiger partial charge >= 0.3 is 5.97 Å². The average Bonchev–Trinajstić information content (AvgIpc) is 2.90. The first-order valence-corrected chi connectivity index (χ1v) is 11.3. The van der Waals surface area contributed by atoms with Crippen molar-refractivity contribution in [2.24, 2.45) is 0 Å². The van der Waals surface area contributed by atoms with Gasteiger partial charge in [0.25, 0.3) is 17.8 Å². The first-order chi connectivity index (χ1) is 17.8. The fraction of sp³-hybridized carbons (Fsp3) is 0.360. The number of carbonyl (C=O) groups is 2. The van der Waals surface area contributed by atoms with E-state index in [-0.39, 0.29) is 12.2 Å². The lowest BCUT2D eigenvalue weighted by molar-refractivity contribution is -0.394. The van der Waals surface area contributed by atoms with Crippen LogP contribution in [0.3, 0.4) is 0 Å². The number of nitro groups is 2. The van der Waals surface area contributed by atoms with Crippen molar-refractivity contribution in [1.29, 1.82) is 0 Å². The molecule has 0 aliphatic heterocycles. The van der Waals surface area contributed by atoms with Crippen LogP contribution in [0.5, 0.6) is 11.5 Å². The summed E-state index contributed by atoms with van der Waals surface area (Å²) in [4.78, 5) is 41.3. The van der Waals surface area contributed by atoms with E-state index in [1.165, 1.54) is 7.11 Å². The second kappa shape index (κ2) is 17.0. The maximum atomic E-state index is 12.1. The van der Waals surface area contributed by atoms with E-state index in [1.807, 2.05) is 37.3 Å². The highest BCUT2D eigenvalue weighted by Crippen LogP contribution is 2.29. The fourth-order valence-electron chi connectivity index (χ4n) is 3.01. The SMILES string of the molecule is C/C=C/c1ccc(OCCCCCCOC(=O)c2cc([N+](=O)[O-])cc([N+](=O)[O-])c2)c(OC)c1.COC=O. The number of ether oxygens (including phenoxy) is 4. The number of hydrogen-bond acceptors (Lipinski definition) is 10. The smallest absolute Gasteiger partial charge is 0.338 e. The molecular weight excluding hydrogens is 488 g/mol. The van der Waals surface area contributed by atoms with Gasteiger partial charge in [-0.2, -0.15) is 0 Å². The molecule has 2 aromatic rings. The van der Waals surface area contributed by atoms with E-state index < -0.39 is 27.2 Å². The average molecular weight is 519 g/mol. The van der Waals surface area contributed by atoms with Gasteiger partial charge in [-0.1, -0.05) is 18.2 Å². The van der Waals surface area contributed by atoms with Gasteiger partial charge in [0.1, 0.15) is 0 Å². The van der Waals surface area contributed by atoms with Gasteiger partial charge in [0.05, 0.1) is 48.9 Å². The highest BCUT2D eigenvalue weighted by atomic mass is 16.6. The molecular formula is C25H30N2O10. The molecule has 0 amide bonds. The molecule has 0 saturated carbocycles. The van der Waals surface area contributed by atoms with Crippen LogP contribution in [0.2, 0.25) is 0 Å². The minimum absolute atomic E-state index is 0.108. The summed E-state index contributed by atoms with van der Waals surface area (Å²) in [7, 11) is 2.90. The van der Waals surface area contributed by atoms with E-state index in [0.29, 0.717) is 31.0 Å². The summed E-state index contributed by atoms with van der Waals surface area (Å²) < 4.78 is 20.1. The van der Waals surface area contributed by atoms with Crippen LogP contribution < -0.4 is 9.47 Å². The number of hydrogen-bond donors (Lipinski definition) is 0. The van der Waals surface area contributed by atoms with Crippen LogP contribution in [0, 0.1) is 20.2 Å². The summed E-state index contributed by atoms with van der Waals surface area (Å²) in [6.45, 7) is 2.94. The molecule has 0 unspecified atom stereocenters. The molecule has 0 radical (unpaired) electrons. The van der Waals surface area contributed by atoms with Gasteiger partial charge in [0.15, 0.2) is 11.5 Å². The van der Waals surface area contributed by atoms with Crippen molar-refractivity contribution in [3.05, 3.63) is 73.8 Å². The second-order valence-corrected chi connectivity index (χ2v) is 7.39. The summed E-state index contributed by atoms with van der Waals surface area (Å²) >= 11 is 0. The number of nitro benzene ring substituents is 2. The standard InChI is InChI=1S/C23H26N2O8.C2H4O2/c1-3-8-17-9-10-21(22(13-17)31-2)32-11-6-4-5-7-12-33-23(26)18-14-19(24(27)28)16-20(15-18)25(29)30;1-4-2-3/h3,8-10,13-16H,4-7,11-12H2,1-2H3;2H,1H3/b8-3+;. The second-order valence-electron chi connectivity index (χ2n) is 7.39. The molecule has 2 rings (SSSR count). The zero-order valence-electron chi connectivity index (χ0n) is 20.9. The highest BCUT2D eigenvalue weighted by Gasteiger charge is 2.20. The molecule has 0 N–H and O–H groups in total. The quantitative estimate of drug-likeness (QED) is 0.108. The maximum Gasteiger partial charge on any atom is 0.338 e. The van der Waals surface area contributed by atoms with Crippen LogP contribution in [0.25, 0.3) is 6.08 Å². The summed E-state index contributed by atoms with van der Waals surface area (Å²) in [6.07, 6.45) is 6.93. The molecule has 0 heterocycles. The zero-order valence-corrected chi connectivity index (χ0v) is 20.9. The third-order valence-corrected chi connectivity index (χ3v) is 4.73. The number of carbonyl (C=O) groups excluding carboxylic acids is 2. The number of esters is 1. The largest absolute Gasteiger partial charge is 0.493 e. The molecule has 0 bridgehead atoms. The predicted octanol–water partition coefficient (Wildman–Crippen LogP) is 5.13. The molecule has 0 fully saturated rings. The molecule has 0 saturated heterocycles. The maximum absolute atomic E-state index is 12.1. The van der Waals surface area contributed by atoms with Crippen LogP contribution in [0.4, 0.5) is 11.4 Å². The Labute approximate surface area is 214 Å². The van der Waals surface area contributed by atoms with E-state index in [2.05, 4.69) is 4.74 Å². The fourth-order valence-corrected chi connectivity index (χ4v) is 3.01. The number of allylic oxidation sites excluding steroid dienone is 1. The predicted molar refractivity (Wildman–Crippen MR) is 135 cm³/mol. The van der Waals surface area contributed by atoms with Crippen LogP contribution in [0.1, 0.15) is 48.5 Å². The summed E-state index contributed by atoms with van der Waals surface area (Å²) in [5, 5.41) is 21.8. The number of nitrogens with zero attached hydrogens (tertiary/aromatic N) is 2. The highest BCUT2D eigenvalue weighted by molar-refractivity contribution is 5.91. The lowest BCUT2D eigenvalue weighted by Crippen LogP contribution is -2.08. The van der Waals surface area contributed by atoms with Gasteiger partial charge in [-0.3, -0.25) is 25.0 Å². The van der Waals surface area contributed by atoms with Gasteiger partial charge in [-0.25, -0.2) is 4.79 Å². The molecule has 0 spiro atoms. The first kappa shape index (κ1) is 30.6. The van der Waals surface area contributed by atoms with Gasteiger partial charge < -0.3 is 18.9 Å². The molecule has 0 aliphatic rings. The van der Waals surface area contributed by atoms with Gasteiger partial charge in [0, 0.05) is 12.1 Å². The summed E-state index contributed by atoms with van der Waals surface area (Å²) in [5.41, 5.74) is -0.275. The molecule has 0 aromatic heterocycles. The number of unbranched alkanes of at least 4 members (excludes halogenated alkanes) is 3. The Kier molecular flexibility index (Phi) is 14.1. The molecule has 12 heteroatoms. The van der Waals surface area contributed by atoms with Crippen molar-refractivity contribution in [1.82, 2.24) is 0 Å². The first-order valence-electron chi connectivity index (χ1n) is 11.3. The number of non-ortho nitro benzene ring substituents is 2. The minimum atomic E-state index is -0.835. The van der Waals surface area contributed by atoms with Crippen molar-refractivity contribution >= 4 is 29.9 Å². The normalized spacial score (nSPS) is 10.1. The van der Waals surface area contributed by atoms with Crippen LogP contribution in [-0.4, -0.2) is 49.7 Å². The number of methoxy groups -OCH3 is 2. The topological polar surface area (TPSA) is 157 Å². The van der Waals surface area contributed by atoms with Gasteiger partial charge in [0.2, 0.25) is 0 Å². The minimum Gasteiger partial charge on any atom is -0.493 e. The van der Waals surface area contributed by atoms with Crippen LogP contribution >= 0.6 is 0 Å². The van der Waals surface area contributed by atoms with Crippen LogP contribution in [-0.2, 0) is 14.3 Å². The molecule has 37 heavy (non-hydrogen) atoms. The van der Waals surface area contributed by atoms with Gasteiger partial charge in [-0.15, -0.1) is 0 Å². The molecule has 12 nitrogen and oxygen atoms in total. The Morgan fingerprint density at radius 1 is 0.892 bits per heavy atom. The Bertz CT molecular complexity index is 1050. The van der Waals surface area contributed by atoms with E-state index in [4.69, 9.17) is 19.0 Å². The van der Waals surface area contributed by atoms with E-state index >= 15 is 0 Å². The van der Waals surface area contributed by atoms with Crippen LogP contribution in [0.15, 0.2) is 42.5 Å². The van der Waals surface area contributed by atoms with E-state index in [0.717, 1.165) is 43.0 Å². The lowest BCUT2D eigenvalue weighted by Gasteiger charge is -2.11. The lowest BCUT2D eigenvalue weighted by atomic mass is 10.1. The van der Waals surface area contributed by atoms with Gasteiger partial charge in [-0.05, 0) is 50.3 Å². The van der Waals surface area contributed by atoms with Crippen molar-refractivity contribution in [2.75, 3.05) is 27.4 Å². The third kappa shape index (κ3) is 11.2. The molecule has 200 valence electrons. The molecule has 2 aromatic carbocycles. The zero-order chi connectivity index (χ0) is 27.6.